The molecule has 2 aliphatic rings. The second-order valence-corrected chi connectivity index (χ2v) is 10.2. The summed E-state index contributed by atoms with van der Waals surface area (Å²) in [4.78, 5) is 36.3. The van der Waals surface area contributed by atoms with Crippen molar-refractivity contribution in [3.8, 4) is 22.8 Å². The predicted molar refractivity (Wildman–Crippen MR) is 154 cm³/mol. The summed E-state index contributed by atoms with van der Waals surface area (Å²) >= 11 is 13.4. The summed E-state index contributed by atoms with van der Waals surface area (Å²) in [5.74, 6) is 1.40. The van der Waals surface area contributed by atoms with E-state index in [1.54, 1.807) is 24.4 Å². The average Bonchev–Trinajstić information content (AvgIpc) is 3.38. The number of rotatable bonds is 11. The Morgan fingerprint density at radius 1 is 1.07 bits per heavy atom. The molecule has 2 saturated heterocycles. The molecule has 216 valence electrons. The van der Waals surface area contributed by atoms with Crippen molar-refractivity contribution < 1.29 is 28.5 Å². The number of hydrogen-bond acceptors (Lipinski definition) is 11. The molecule has 12 nitrogen and oxygen atoms in total. The van der Waals surface area contributed by atoms with Crippen LogP contribution >= 0.6 is 23.2 Å². The molecule has 2 amide bonds. The summed E-state index contributed by atoms with van der Waals surface area (Å²) in [5.41, 5.74) is 1.54. The number of nitrogens with zero attached hydrogens (tertiary/aromatic N) is 3. The molecule has 0 radical (unpaired) electrons. The number of pyridine rings is 1. The van der Waals surface area contributed by atoms with Crippen molar-refractivity contribution in [2.24, 2.45) is 11.8 Å². The lowest BCUT2D eigenvalue weighted by Crippen LogP contribution is -2.33. The largest absolute Gasteiger partial charge is 0.495 e. The first-order valence-corrected chi connectivity index (χ1v) is 13.5. The number of nitrogens with one attached hydrogen (secondary N) is 3. The molecule has 0 unspecified atom stereocenters. The molecule has 4 heterocycles. The van der Waals surface area contributed by atoms with Gasteiger partial charge in [-0.05, 0) is 12.1 Å². The lowest BCUT2D eigenvalue weighted by Gasteiger charge is -2.26. The van der Waals surface area contributed by atoms with Crippen LogP contribution in [0.4, 0.5) is 11.8 Å². The fraction of sp³-hybridized carbons (Fsp3) is 0.370. The minimum Gasteiger partial charge on any atom is -0.495 e. The summed E-state index contributed by atoms with van der Waals surface area (Å²) in [6.07, 6.45) is 5.03. The van der Waals surface area contributed by atoms with Crippen LogP contribution in [0, 0.1) is 11.8 Å². The maximum Gasteiger partial charge on any atom is 0.250 e. The van der Waals surface area contributed by atoms with Crippen LogP contribution in [0.2, 0.25) is 10.0 Å². The number of anilines is 2. The molecular weight excluding hydrogens is 575 g/mol. The number of methoxy groups -OCH3 is 2. The van der Waals surface area contributed by atoms with Gasteiger partial charge in [0.25, 0.3) is 0 Å². The minimum atomic E-state index is -0.504. The molecule has 5 rings (SSSR count). The van der Waals surface area contributed by atoms with Crippen LogP contribution in [0.3, 0.4) is 0 Å². The summed E-state index contributed by atoms with van der Waals surface area (Å²) in [6.45, 7) is 2.76. The maximum atomic E-state index is 11.7. The Morgan fingerprint density at radius 3 is 2.46 bits per heavy atom. The number of imide groups is 1. The first-order valence-electron chi connectivity index (χ1n) is 12.8. The summed E-state index contributed by atoms with van der Waals surface area (Å²) in [7, 11) is 3.02. The lowest BCUT2D eigenvalue weighted by atomic mass is 10.0. The van der Waals surface area contributed by atoms with Gasteiger partial charge in [0, 0.05) is 41.6 Å². The summed E-state index contributed by atoms with van der Waals surface area (Å²) in [6, 6.07) is 3.24. The van der Waals surface area contributed by atoms with Gasteiger partial charge in [0.2, 0.25) is 18.3 Å². The Labute approximate surface area is 245 Å². The molecule has 2 aromatic heterocycles. The highest BCUT2D eigenvalue weighted by molar-refractivity contribution is 6.41. The molecule has 2 fully saturated rings. The first kappa shape index (κ1) is 28.8. The van der Waals surface area contributed by atoms with Gasteiger partial charge >= 0.3 is 0 Å². The number of carbonyl (C=O) groups excluding carboxylic acids is 2. The molecule has 3 aromatic rings. The van der Waals surface area contributed by atoms with Gasteiger partial charge in [0.1, 0.15) is 17.0 Å². The Balaban J connectivity index is 1.50. The Hall–Kier alpha value is -3.71. The van der Waals surface area contributed by atoms with Crippen LogP contribution in [-0.2, 0) is 19.1 Å². The van der Waals surface area contributed by atoms with E-state index in [1.165, 1.54) is 20.3 Å². The number of ether oxygens (including phenoxy) is 4. The van der Waals surface area contributed by atoms with Crippen LogP contribution in [0.1, 0.15) is 0 Å². The van der Waals surface area contributed by atoms with Crippen LogP contribution < -0.4 is 25.4 Å². The average molecular weight is 603 g/mol. The first-order chi connectivity index (χ1) is 19.9. The van der Waals surface area contributed by atoms with Crippen LogP contribution in [0.25, 0.3) is 22.2 Å². The highest BCUT2D eigenvalue weighted by Crippen LogP contribution is 2.46. The zero-order valence-electron chi connectivity index (χ0n) is 22.3. The van der Waals surface area contributed by atoms with Crippen molar-refractivity contribution in [3.05, 3.63) is 40.5 Å². The van der Waals surface area contributed by atoms with E-state index in [-0.39, 0.29) is 12.0 Å². The van der Waals surface area contributed by atoms with Crippen molar-refractivity contribution in [1.82, 2.24) is 20.3 Å². The molecule has 0 bridgehead atoms. The fourth-order valence-electron chi connectivity index (χ4n) is 4.51. The van der Waals surface area contributed by atoms with Crippen molar-refractivity contribution >= 4 is 58.2 Å². The Bertz CT molecular complexity index is 1460. The SMILES string of the molecule is COc1cc(OC)c(Cl)c(-c2cc3cnc(N[C@@H]4COC[C@@H]4C=CC(=O)NC=O)nc3c(NCC3COC3)n2)c1Cl. The Morgan fingerprint density at radius 2 is 1.80 bits per heavy atom. The normalized spacial score (nSPS) is 18.7. The number of hydrogen-bond donors (Lipinski definition) is 3. The molecule has 0 aliphatic carbocycles. The van der Waals surface area contributed by atoms with E-state index in [2.05, 4.69) is 20.9 Å². The van der Waals surface area contributed by atoms with Crippen molar-refractivity contribution in [3.63, 3.8) is 0 Å². The van der Waals surface area contributed by atoms with Gasteiger partial charge in [-0.15, -0.1) is 0 Å². The van der Waals surface area contributed by atoms with Crippen LogP contribution in [0.15, 0.2) is 30.5 Å². The van der Waals surface area contributed by atoms with E-state index in [9.17, 15) is 9.59 Å². The van der Waals surface area contributed by atoms with Crippen LogP contribution in [0.5, 0.6) is 11.5 Å². The van der Waals surface area contributed by atoms with Gasteiger partial charge in [-0.25, -0.2) is 15.0 Å². The fourth-order valence-corrected chi connectivity index (χ4v) is 5.20. The predicted octanol–water partition coefficient (Wildman–Crippen LogP) is 3.33. The minimum absolute atomic E-state index is 0.129. The third-order valence-electron chi connectivity index (χ3n) is 6.80. The van der Waals surface area contributed by atoms with Crippen molar-refractivity contribution in [2.45, 2.75) is 6.04 Å². The van der Waals surface area contributed by atoms with E-state index in [0.717, 1.165) is 0 Å². The van der Waals surface area contributed by atoms with Crippen LogP contribution in [-0.4, -0.2) is 80.5 Å². The zero-order valence-corrected chi connectivity index (χ0v) is 23.8. The van der Waals surface area contributed by atoms with Gasteiger partial charge in [0.05, 0.1) is 62.4 Å². The zero-order chi connectivity index (χ0) is 28.9. The highest BCUT2D eigenvalue weighted by atomic mass is 35.5. The van der Waals surface area contributed by atoms with Gasteiger partial charge in [-0.2, -0.15) is 0 Å². The smallest absolute Gasteiger partial charge is 0.250 e. The maximum absolute atomic E-state index is 11.7. The number of aromatic nitrogens is 3. The van der Waals surface area contributed by atoms with E-state index >= 15 is 0 Å². The summed E-state index contributed by atoms with van der Waals surface area (Å²) < 4.78 is 21.8. The van der Waals surface area contributed by atoms with Gasteiger partial charge in [-0.1, -0.05) is 29.3 Å². The monoisotopic (exact) mass is 602 g/mol. The summed E-state index contributed by atoms with van der Waals surface area (Å²) in [5, 5.41) is 10.1. The Kier molecular flexibility index (Phi) is 9.03. The molecule has 0 saturated carbocycles. The molecule has 1 aromatic carbocycles. The van der Waals surface area contributed by atoms with E-state index in [1.807, 2.05) is 0 Å². The molecule has 3 N–H and O–H groups in total. The molecule has 0 spiro atoms. The third-order valence-corrected chi connectivity index (χ3v) is 7.55. The third kappa shape index (κ3) is 6.30. The van der Waals surface area contributed by atoms with E-state index in [4.69, 9.17) is 52.1 Å². The number of halogens is 2. The highest BCUT2D eigenvalue weighted by Gasteiger charge is 2.28. The quantitative estimate of drug-likeness (QED) is 0.219. The number of carbonyl (C=O) groups is 2. The van der Waals surface area contributed by atoms with Gasteiger partial charge in [-0.3, -0.25) is 14.9 Å². The molecule has 2 aliphatic heterocycles. The second kappa shape index (κ2) is 12.9. The van der Waals surface area contributed by atoms with Crippen molar-refractivity contribution in [2.75, 3.05) is 57.8 Å². The van der Waals surface area contributed by atoms with Crippen molar-refractivity contribution in [1.29, 1.82) is 0 Å². The molecular formula is C27H28Cl2N6O6. The standard InChI is InChI=1S/C27H28Cl2N6O6/c1-38-19-6-20(39-2)24(29)22(23(19)28)17-5-16-8-31-27(35-25(16)26(33-17)30-7-14-9-40-10-14)34-18-12-41-11-15(18)3-4-21(37)32-13-36/h3-6,8,13-15,18H,7,9-12H2,1-2H3,(H,30,33)(H,31,34,35)(H,32,36,37)/t15-,18+/m0/s1. The lowest BCUT2D eigenvalue weighted by molar-refractivity contribution is -0.121. The van der Waals surface area contributed by atoms with Gasteiger partial charge < -0.3 is 29.6 Å². The second-order valence-electron chi connectivity index (χ2n) is 9.49. The number of amides is 2. The van der Waals surface area contributed by atoms with E-state index < -0.39 is 5.91 Å². The number of fused-ring (bicyclic) bond motifs is 1. The van der Waals surface area contributed by atoms with E-state index in [0.29, 0.717) is 101 Å². The molecule has 14 heteroatoms. The topological polar surface area (TPSA) is 146 Å². The molecule has 41 heavy (non-hydrogen) atoms. The molecule has 2 atom stereocenters. The van der Waals surface area contributed by atoms with Gasteiger partial charge in [0.15, 0.2) is 5.82 Å². The number of benzene rings is 1.